The fourth-order valence-corrected chi connectivity index (χ4v) is 4.78. The minimum absolute atomic E-state index is 0.109. The van der Waals surface area contributed by atoms with E-state index in [1.54, 1.807) is 49.9 Å². The Hall–Kier alpha value is -3.55. The molecule has 2 unspecified atom stereocenters. The van der Waals surface area contributed by atoms with Crippen molar-refractivity contribution in [3.63, 3.8) is 0 Å². The minimum atomic E-state index is -0.994. The summed E-state index contributed by atoms with van der Waals surface area (Å²) in [7, 11) is 0. The Morgan fingerprint density at radius 2 is 1.60 bits per heavy atom. The van der Waals surface area contributed by atoms with Gasteiger partial charge in [-0.25, -0.2) is 4.79 Å². The Kier molecular flexibility index (Phi) is 13.8. The fraction of sp³-hybridized carbons (Fsp3) is 0.559. The van der Waals surface area contributed by atoms with Gasteiger partial charge >= 0.3 is 6.09 Å². The predicted molar refractivity (Wildman–Crippen MR) is 167 cm³/mol. The fourth-order valence-electron chi connectivity index (χ4n) is 4.78. The third-order valence-electron chi connectivity index (χ3n) is 7.02. The van der Waals surface area contributed by atoms with E-state index in [9.17, 15) is 19.5 Å². The average Bonchev–Trinajstić information content (AvgIpc) is 2.91. The number of aromatic hydroxyl groups is 1. The van der Waals surface area contributed by atoms with Crippen molar-refractivity contribution in [2.24, 2.45) is 0 Å². The van der Waals surface area contributed by atoms with Crippen molar-refractivity contribution in [2.45, 2.75) is 111 Å². The molecule has 0 aliphatic heterocycles. The van der Waals surface area contributed by atoms with Gasteiger partial charge in [0.1, 0.15) is 23.4 Å². The van der Waals surface area contributed by atoms with Crippen LogP contribution in [0.5, 0.6) is 5.75 Å². The topological polar surface area (TPSA) is 108 Å². The molecular weight excluding hydrogens is 530 g/mol. The Balaban J connectivity index is 2.59. The van der Waals surface area contributed by atoms with E-state index in [1.165, 1.54) is 0 Å². The molecule has 0 fully saturated rings. The summed E-state index contributed by atoms with van der Waals surface area (Å²) in [6, 6.07) is 10.6. The van der Waals surface area contributed by atoms with Gasteiger partial charge in [0.05, 0.1) is 0 Å². The number of hydrogen-bond donors (Lipinski definition) is 3. The van der Waals surface area contributed by atoms with Crippen LogP contribution in [0.25, 0.3) is 0 Å². The summed E-state index contributed by atoms with van der Waals surface area (Å²) in [5, 5.41) is 15.6. The van der Waals surface area contributed by atoms with Crippen LogP contribution >= 0.6 is 0 Å². The van der Waals surface area contributed by atoms with Gasteiger partial charge in [0.25, 0.3) is 0 Å². The maximum Gasteiger partial charge on any atom is 0.408 e. The van der Waals surface area contributed by atoms with Gasteiger partial charge in [0, 0.05) is 19.5 Å². The molecule has 2 atom stereocenters. The zero-order chi connectivity index (χ0) is 31.3. The summed E-state index contributed by atoms with van der Waals surface area (Å²) in [5.41, 5.74) is 2.68. The number of benzene rings is 2. The molecular formula is C34H51N3O5. The second kappa shape index (κ2) is 16.8. The molecule has 0 saturated carbocycles. The van der Waals surface area contributed by atoms with E-state index < -0.39 is 23.8 Å². The summed E-state index contributed by atoms with van der Waals surface area (Å²) >= 11 is 0. The molecule has 0 radical (unpaired) electrons. The number of carbonyl (C=O) groups excluding carboxylic acids is 3. The summed E-state index contributed by atoms with van der Waals surface area (Å²) in [6.07, 6.45) is 4.92. The number of alkyl carbamates (subject to hydrolysis) is 1. The number of unbranched alkanes of at least 4 members (excludes halogenated alkanes) is 4. The van der Waals surface area contributed by atoms with Crippen LogP contribution in [0.15, 0.2) is 42.5 Å². The highest BCUT2D eigenvalue weighted by Gasteiger charge is 2.36. The molecule has 0 bridgehead atoms. The van der Waals surface area contributed by atoms with Crippen molar-refractivity contribution in [3.05, 3.63) is 64.7 Å². The quantitative estimate of drug-likeness (QED) is 0.208. The van der Waals surface area contributed by atoms with Crippen molar-refractivity contribution in [1.82, 2.24) is 15.5 Å². The Labute approximate surface area is 252 Å². The van der Waals surface area contributed by atoms with Crippen LogP contribution in [0.3, 0.4) is 0 Å². The Morgan fingerprint density at radius 3 is 2.21 bits per heavy atom. The van der Waals surface area contributed by atoms with Gasteiger partial charge < -0.3 is 25.4 Å². The van der Waals surface area contributed by atoms with E-state index >= 15 is 0 Å². The molecule has 0 heterocycles. The Bertz CT molecular complexity index is 1160. The number of aryl methyl sites for hydroxylation is 2. The summed E-state index contributed by atoms with van der Waals surface area (Å²) in [4.78, 5) is 43.1. The van der Waals surface area contributed by atoms with Gasteiger partial charge in [0.15, 0.2) is 0 Å². The van der Waals surface area contributed by atoms with Gasteiger partial charge in [0.2, 0.25) is 11.8 Å². The lowest BCUT2D eigenvalue weighted by Gasteiger charge is -2.35. The second-order valence-corrected chi connectivity index (χ2v) is 12.1. The number of nitrogens with one attached hydrogen (secondary N) is 2. The largest absolute Gasteiger partial charge is 0.508 e. The van der Waals surface area contributed by atoms with E-state index in [0.717, 1.165) is 60.8 Å². The maximum atomic E-state index is 14.6. The Morgan fingerprint density at radius 1 is 0.929 bits per heavy atom. The van der Waals surface area contributed by atoms with Gasteiger partial charge in [-0.1, -0.05) is 75.4 Å². The summed E-state index contributed by atoms with van der Waals surface area (Å²) < 4.78 is 5.52. The maximum absolute atomic E-state index is 14.6. The molecule has 0 aromatic heterocycles. The van der Waals surface area contributed by atoms with Crippen LogP contribution in [0.1, 0.15) is 101 Å². The van der Waals surface area contributed by atoms with Crippen LogP contribution in [0.4, 0.5) is 4.79 Å². The summed E-state index contributed by atoms with van der Waals surface area (Å²) in [6.45, 7) is 14.3. The number of carbonyl (C=O) groups is 3. The van der Waals surface area contributed by atoms with Crippen LogP contribution in [-0.4, -0.2) is 52.6 Å². The van der Waals surface area contributed by atoms with Crippen molar-refractivity contribution in [3.8, 4) is 5.75 Å². The molecule has 8 heteroatoms. The predicted octanol–water partition coefficient (Wildman–Crippen LogP) is 6.51. The first-order valence-electron chi connectivity index (χ1n) is 15.3. The number of ether oxygens (including phenoxy) is 1. The lowest BCUT2D eigenvalue weighted by atomic mass is 9.95. The van der Waals surface area contributed by atoms with E-state index in [0.29, 0.717) is 13.1 Å². The number of phenolic OH excluding ortho intramolecular Hbond substituents is 1. The summed E-state index contributed by atoms with van der Waals surface area (Å²) in [5.74, 6) is -0.485. The number of hydrogen-bond acceptors (Lipinski definition) is 5. The highest BCUT2D eigenvalue weighted by Crippen LogP contribution is 2.28. The van der Waals surface area contributed by atoms with E-state index in [4.69, 9.17) is 4.74 Å². The molecule has 0 aliphatic carbocycles. The normalized spacial score (nSPS) is 12.7. The van der Waals surface area contributed by atoms with E-state index in [1.807, 2.05) is 32.0 Å². The first-order chi connectivity index (χ1) is 19.9. The number of rotatable bonds is 15. The van der Waals surface area contributed by atoms with Gasteiger partial charge in [-0.15, -0.1) is 0 Å². The molecule has 0 aliphatic rings. The zero-order valence-electron chi connectivity index (χ0n) is 26.6. The van der Waals surface area contributed by atoms with Crippen LogP contribution in [0, 0.1) is 13.8 Å². The minimum Gasteiger partial charge on any atom is -0.508 e. The highest BCUT2D eigenvalue weighted by molar-refractivity contribution is 5.92. The molecule has 2 rings (SSSR count). The molecule has 2 aromatic carbocycles. The first-order valence-corrected chi connectivity index (χ1v) is 15.3. The lowest BCUT2D eigenvalue weighted by Crippen LogP contribution is -2.54. The smallest absolute Gasteiger partial charge is 0.408 e. The van der Waals surface area contributed by atoms with Crippen molar-refractivity contribution in [2.75, 3.05) is 13.1 Å². The monoisotopic (exact) mass is 581 g/mol. The van der Waals surface area contributed by atoms with Crippen molar-refractivity contribution < 1.29 is 24.2 Å². The lowest BCUT2D eigenvalue weighted by molar-refractivity contribution is -0.142. The molecule has 42 heavy (non-hydrogen) atoms. The average molecular weight is 582 g/mol. The standard InChI is InChI=1S/C34H51N3O5/c1-8-10-12-13-21-37(30(31(39)35-20-11-9-2)28-22-24(3)14-15-25(28)4)32(40)29(36-33(41)42-34(5,6)7)23-26-16-18-27(38)19-17-26/h14-19,22,29-30,38H,8-13,20-21,23H2,1-7H3,(H,35,39)(H,36,41). The first kappa shape index (κ1) is 34.7. The second-order valence-electron chi connectivity index (χ2n) is 12.1. The van der Waals surface area contributed by atoms with Gasteiger partial charge in [-0.05, 0) is 76.3 Å². The van der Waals surface area contributed by atoms with Crippen molar-refractivity contribution >= 4 is 17.9 Å². The van der Waals surface area contributed by atoms with Crippen LogP contribution in [-0.2, 0) is 20.7 Å². The highest BCUT2D eigenvalue weighted by atomic mass is 16.6. The van der Waals surface area contributed by atoms with Gasteiger partial charge in [-0.2, -0.15) is 0 Å². The third kappa shape index (κ3) is 11.4. The zero-order valence-corrected chi connectivity index (χ0v) is 26.6. The van der Waals surface area contributed by atoms with E-state index in [2.05, 4.69) is 24.5 Å². The molecule has 3 amide bonds. The number of phenols is 1. The molecule has 232 valence electrons. The number of nitrogens with zero attached hydrogens (tertiary/aromatic N) is 1. The van der Waals surface area contributed by atoms with Crippen LogP contribution in [0.2, 0.25) is 0 Å². The molecule has 0 spiro atoms. The third-order valence-corrected chi connectivity index (χ3v) is 7.02. The van der Waals surface area contributed by atoms with Crippen LogP contribution < -0.4 is 10.6 Å². The van der Waals surface area contributed by atoms with Crippen molar-refractivity contribution in [1.29, 1.82) is 0 Å². The molecule has 2 aromatic rings. The van der Waals surface area contributed by atoms with E-state index in [-0.39, 0.29) is 24.0 Å². The van der Waals surface area contributed by atoms with Gasteiger partial charge in [-0.3, -0.25) is 9.59 Å². The molecule has 3 N–H and O–H groups in total. The molecule has 0 saturated heterocycles. The number of amides is 3. The molecule has 8 nitrogen and oxygen atoms in total. The SMILES string of the molecule is CCCCCCN(C(=O)C(Cc1ccc(O)cc1)NC(=O)OC(C)(C)C)C(C(=O)NCCCC)c1cc(C)ccc1C.